The molecule has 0 radical (unpaired) electrons. The zero-order valence-corrected chi connectivity index (χ0v) is 15.0. The van der Waals surface area contributed by atoms with Gasteiger partial charge in [0.05, 0.1) is 28.5 Å². The Morgan fingerprint density at radius 2 is 1.70 bits per heavy atom. The van der Waals surface area contributed by atoms with Crippen molar-refractivity contribution in [3.8, 4) is 0 Å². The molecule has 5 heteroatoms. The summed E-state index contributed by atoms with van der Waals surface area (Å²) in [5, 5.41) is 6.68. The lowest BCUT2D eigenvalue weighted by Crippen LogP contribution is -2.13. The number of para-hydroxylation sites is 2. The van der Waals surface area contributed by atoms with Crippen LogP contribution in [0.5, 0.6) is 0 Å². The Kier molecular flexibility index (Phi) is 4.06. The van der Waals surface area contributed by atoms with Crippen LogP contribution in [0.3, 0.4) is 0 Å². The average molecular weight is 326 g/mol. The molecule has 0 aliphatic carbocycles. The van der Waals surface area contributed by atoms with Gasteiger partial charge in [-0.1, -0.05) is 32.9 Å². The van der Waals surface area contributed by atoms with Crippen LogP contribution >= 0.6 is 11.3 Å². The summed E-state index contributed by atoms with van der Waals surface area (Å²) in [6, 6.07) is 8.04. The van der Waals surface area contributed by atoms with Crippen LogP contribution < -0.4 is 5.32 Å². The second-order valence-corrected chi connectivity index (χ2v) is 7.72. The van der Waals surface area contributed by atoms with Gasteiger partial charge in [-0.25, -0.2) is 15.0 Å². The van der Waals surface area contributed by atoms with Crippen molar-refractivity contribution < 1.29 is 0 Å². The van der Waals surface area contributed by atoms with Crippen LogP contribution in [0.15, 0.2) is 29.6 Å². The van der Waals surface area contributed by atoms with Crippen molar-refractivity contribution in [1.29, 1.82) is 0 Å². The third kappa shape index (κ3) is 3.34. The van der Waals surface area contributed by atoms with Crippen LogP contribution in [0, 0.1) is 6.92 Å². The number of thiazole rings is 1. The summed E-state index contributed by atoms with van der Waals surface area (Å²) < 4.78 is 0. The fourth-order valence-electron chi connectivity index (χ4n) is 2.32. The van der Waals surface area contributed by atoms with Gasteiger partial charge in [-0.3, -0.25) is 0 Å². The predicted octanol–water partition coefficient (Wildman–Crippen LogP) is 4.87. The summed E-state index contributed by atoms with van der Waals surface area (Å²) in [6.07, 6.45) is 0. The fourth-order valence-corrected chi connectivity index (χ4v) is 3.38. The van der Waals surface area contributed by atoms with Gasteiger partial charge in [-0.2, -0.15) is 0 Å². The Morgan fingerprint density at radius 1 is 1.04 bits per heavy atom. The standard InChI is InChI=1S/C18H22N4S/c1-11-16(21-14-9-7-6-8-13(14)19-11)20-12(2)17-22-15(10-23-17)18(3,4)5/h6-10,12H,1-5H3,(H,20,21). The second kappa shape index (κ2) is 5.89. The Balaban J connectivity index is 1.86. The lowest BCUT2D eigenvalue weighted by Gasteiger charge is -2.16. The number of nitrogens with one attached hydrogen (secondary N) is 1. The minimum atomic E-state index is 0.0765. The molecule has 0 saturated heterocycles. The van der Waals surface area contributed by atoms with Crippen molar-refractivity contribution in [2.45, 2.75) is 46.1 Å². The molecule has 0 fully saturated rings. The van der Waals surface area contributed by atoms with Gasteiger partial charge in [-0.05, 0) is 26.0 Å². The molecular formula is C18H22N4S. The van der Waals surface area contributed by atoms with Crippen LogP contribution in [0.25, 0.3) is 11.0 Å². The molecule has 120 valence electrons. The van der Waals surface area contributed by atoms with Crippen LogP contribution in [-0.2, 0) is 5.41 Å². The van der Waals surface area contributed by atoms with E-state index in [4.69, 9.17) is 9.97 Å². The summed E-state index contributed by atoms with van der Waals surface area (Å²) in [7, 11) is 0. The van der Waals surface area contributed by atoms with Gasteiger partial charge in [0.2, 0.25) is 0 Å². The molecule has 1 atom stereocenters. The van der Waals surface area contributed by atoms with Gasteiger partial charge in [-0.15, -0.1) is 11.3 Å². The van der Waals surface area contributed by atoms with E-state index in [-0.39, 0.29) is 11.5 Å². The number of aromatic nitrogens is 3. The molecule has 23 heavy (non-hydrogen) atoms. The Bertz CT molecular complexity index is 832. The lowest BCUT2D eigenvalue weighted by molar-refractivity contribution is 0.569. The predicted molar refractivity (Wildman–Crippen MR) is 97.1 cm³/mol. The molecule has 3 aromatic rings. The van der Waals surface area contributed by atoms with E-state index in [9.17, 15) is 0 Å². The van der Waals surface area contributed by atoms with Gasteiger partial charge < -0.3 is 5.32 Å². The molecule has 1 N–H and O–H groups in total. The zero-order valence-electron chi connectivity index (χ0n) is 14.2. The maximum atomic E-state index is 4.78. The van der Waals surface area contributed by atoms with Gasteiger partial charge >= 0.3 is 0 Å². The molecule has 0 saturated carbocycles. The van der Waals surface area contributed by atoms with Crippen molar-refractivity contribution in [1.82, 2.24) is 15.0 Å². The Hall–Kier alpha value is -2.01. The van der Waals surface area contributed by atoms with Crippen molar-refractivity contribution in [3.63, 3.8) is 0 Å². The molecule has 0 amide bonds. The van der Waals surface area contributed by atoms with Crippen LogP contribution in [0.1, 0.15) is 50.1 Å². The molecule has 2 aromatic heterocycles. The van der Waals surface area contributed by atoms with E-state index in [1.54, 1.807) is 11.3 Å². The van der Waals surface area contributed by atoms with Gasteiger partial charge in [0.25, 0.3) is 0 Å². The van der Waals surface area contributed by atoms with E-state index in [0.717, 1.165) is 33.2 Å². The summed E-state index contributed by atoms with van der Waals surface area (Å²) in [4.78, 5) is 14.1. The molecule has 0 aliphatic heterocycles. The number of rotatable bonds is 3. The van der Waals surface area contributed by atoms with E-state index in [1.807, 2.05) is 31.2 Å². The molecule has 4 nitrogen and oxygen atoms in total. The van der Waals surface area contributed by atoms with Crippen LogP contribution in [0.2, 0.25) is 0 Å². The maximum absolute atomic E-state index is 4.78. The maximum Gasteiger partial charge on any atom is 0.148 e. The molecule has 1 unspecified atom stereocenters. The highest BCUT2D eigenvalue weighted by Gasteiger charge is 2.20. The van der Waals surface area contributed by atoms with Gasteiger partial charge in [0.15, 0.2) is 0 Å². The molecule has 2 heterocycles. The van der Waals surface area contributed by atoms with Crippen LogP contribution in [0.4, 0.5) is 5.82 Å². The van der Waals surface area contributed by atoms with E-state index < -0.39 is 0 Å². The number of benzene rings is 1. The third-order valence-corrected chi connectivity index (χ3v) is 4.79. The topological polar surface area (TPSA) is 50.7 Å². The summed E-state index contributed by atoms with van der Waals surface area (Å²) in [5.74, 6) is 0.823. The first-order chi connectivity index (χ1) is 10.8. The zero-order chi connectivity index (χ0) is 16.6. The molecule has 0 bridgehead atoms. The minimum Gasteiger partial charge on any atom is -0.360 e. The SMILES string of the molecule is Cc1nc2ccccc2nc1NC(C)c1nc(C(C)(C)C)cs1. The fraction of sp³-hybridized carbons (Fsp3) is 0.389. The summed E-state index contributed by atoms with van der Waals surface area (Å²) in [5.41, 5.74) is 3.94. The minimum absolute atomic E-state index is 0.0765. The highest BCUT2D eigenvalue weighted by molar-refractivity contribution is 7.09. The van der Waals surface area contributed by atoms with E-state index in [2.05, 4.69) is 43.4 Å². The van der Waals surface area contributed by atoms with E-state index >= 15 is 0 Å². The van der Waals surface area contributed by atoms with Crippen LogP contribution in [-0.4, -0.2) is 15.0 Å². The number of nitrogens with zero attached hydrogens (tertiary/aromatic N) is 3. The molecule has 0 aliphatic rings. The van der Waals surface area contributed by atoms with Crippen molar-refractivity contribution in [2.75, 3.05) is 5.32 Å². The molecular weight excluding hydrogens is 304 g/mol. The Labute approximate surface area is 141 Å². The molecule has 1 aromatic carbocycles. The average Bonchev–Trinajstić information content (AvgIpc) is 2.98. The quantitative estimate of drug-likeness (QED) is 0.746. The molecule has 0 spiro atoms. The van der Waals surface area contributed by atoms with Crippen molar-refractivity contribution >= 4 is 28.2 Å². The lowest BCUT2D eigenvalue weighted by atomic mass is 9.93. The van der Waals surface area contributed by atoms with Crippen molar-refractivity contribution in [3.05, 3.63) is 46.0 Å². The first-order valence-electron chi connectivity index (χ1n) is 7.80. The number of anilines is 1. The monoisotopic (exact) mass is 326 g/mol. The highest BCUT2D eigenvalue weighted by Crippen LogP contribution is 2.28. The van der Waals surface area contributed by atoms with E-state index in [0.29, 0.717) is 0 Å². The Morgan fingerprint density at radius 3 is 2.30 bits per heavy atom. The van der Waals surface area contributed by atoms with E-state index in [1.165, 1.54) is 0 Å². The normalized spacial score (nSPS) is 13.3. The van der Waals surface area contributed by atoms with Crippen molar-refractivity contribution in [2.24, 2.45) is 0 Å². The summed E-state index contributed by atoms with van der Waals surface area (Å²) in [6.45, 7) is 10.6. The van der Waals surface area contributed by atoms with Gasteiger partial charge in [0, 0.05) is 10.8 Å². The highest BCUT2D eigenvalue weighted by atomic mass is 32.1. The first-order valence-corrected chi connectivity index (χ1v) is 8.68. The number of hydrogen-bond donors (Lipinski definition) is 1. The molecule has 3 rings (SSSR count). The number of hydrogen-bond acceptors (Lipinski definition) is 5. The third-order valence-electron chi connectivity index (χ3n) is 3.76. The number of aryl methyl sites for hydroxylation is 1. The van der Waals surface area contributed by atoms with Gasteiger partial charge in [0.1, 0.15) is 10.8 Å². The largest absolute Gasteiger partial charge is 0.360 e. The summed E-state index contributed by atoms with van der Waals surface area (Å²) >= 11 is 1.69. The number of fused-ring (bicyclic) bond motifs is 1. The smallest absolute Gasteiger partial charge is 0.148 e. The first kappa shape index (κ1) is 15.9. The second-order valence-electron chi connectivity index (χ2n) is 6.83.